The minimum Gasteiger partial charge on any atom is -0.324 e. The number of anilines is 1. The van der Waals surface area contributed by atoms with Crippen LogP contribution < -0.4 is 10.5 Å². The van der Waals surface area contributed by atoms with Gasteiger partial charge in [-0.05, 0) is 24.1 Å². The summed E-state index contributed by atoms with van der Waals surface area (Å²) in [6, 6.07) is 6.46. The van der Waals surface area contributed by atoms with Gasteiger partial charge in [-0.2, -0.15) is 0 Å². The Balaban J connectivity index is 2.30. The van der Waals surface area contributed by atoms with Crippen LogP contribution in [-0.2, 0) is 10.0 Å². The Morgan fingerprint density at radius 2 is 2.26 bits per heavy atom. The molecule has 3 N–H and O–H groups in total. The Bertz CT molecular complexity index is 640. The maximum absolute atomic E-state index is 12.2. The maximum Gasteiger partial charge on any atom is 0.262 e. The second-order valence-electron chi connectivity index (χ2n) is 3.97. The van der Waals surface area contributed by atoms with Crippen molar-refractivity contribution in [2.45, 2.75) is 24.3 Å². The first-order valence-electron chi connectivity index (χ1n) is 5.68. The molecule has 2 rings (SSSR count). The highest BCUT2D eigenvalue weighted by molar-refractivity contribution is 7.93. The molecule has 1 heterocycles. The van der Waals surface area contributed by atoms with Crippen molar-refractivity contribution in [2.24, 2.45) is 5.73 Å². The fraction of sp³-hybridized carbons (Fsp3) is 0.273. The zero-order valence-corrected chi connectivity index (χ0v) is 11.9. The second kappa shape index (κ2) is 5.64. The fourth-order valence-electron chi connectivity index (χ4n) is 1.55. The van der Waals surface area contributed by atoms with Gasteiger partial charge in [0.15, 0.2) is 0 Å². The largest absolute Gasteiger partial charge is 0.324 e. The van der Waals surface area contributed by atoms with E-state index in [-0.39, 0.29) is 10.9 Å². The number of hydrogen-bond donors (Lipinski definition) is 2. The molecule has 0 aliphatic rings. The van der Waals surface area contributed by atoms with E-state index in [0.29, 0.717) is 5.00 Å². The highest BCUT2D eigenvalue weighted by Gasteiger charge is 2.16. The van der Waals surface area contributed by atoms with Gasteiger partial charge < -0.3 is 5.73 Å². The van der Waals surface area contributed by atoms with Crippen molar-refractivity contribution < 1.29 is 8.42 Å². The lowest BCUT2D eigenvalue weighted by Gasteiger charge is -2.11. The predicted molar refractivity (Wildman–Crippen MR) is 74.4 cm³/mol. The molecule has 0 bridgehead atoms. The third-order valence-corrected chi connectivity index (χ3v) is 4.71. The van der Waals surface area contributed by atoms with Gasteiger partial charge in [0.2, 0.25) is 0 Å². The Kier molecular flexibility index (Phi) is 4.13. The molecule has 19 heavy (non-hydrogen) atoms. The summed E-state index contributed by atoms with van der Waals surface area (Å²) >= 11 is 0.983. The van der Waals surface area contributed by atoms with Crippen LogP contribution in [-0.4, -0.2) is 18.0 Å². The number of nitrogens with one attached hydrogen (secondary N) is 1. The summed E-state index contributed by atoms with van der Waals surface area (Å²) in [4.78, 5) is 0.183. The zero-order chi connectivity index (χ0) is 13.9. The van der Waals surface area contributed by atoms with E-state index in [2.05, 4.69) is 14.3 Å². The lowest BCUT2D eigenvalue weighted by Crippen LogP contribution is -2.14. The van der Waals surface area contributed by atoms with Crippen molar-refractivity contribution in [3.8, 4) is 0 Å². The highest BCUT2D eigenvalue weighted by atomic mass is 32.2. The van der Waals surface area contributed by atoms with E-state index in [4.69, 9.17) is 5.73 Å². The second-order valence-corrected chi connectivity index (χ2v) is 6.44. The molecule has 0 fully saturated rings. The molecule has 0 saturated heterocycles. The van der Waals surface area contributed by atoms with Gasteiger partial charge in [0.25, 0.3) is 10.0 Å². The average Bonchev–Trinajstić information content (AvgIpc) is 2.90. The zero-order valence-electron chi connectivity index (χ0n) is 10.3. The molecule has 0 spiro atoms. The van der Waals surface area contributed by atoms with Crippen molar-refractivity contribution in [3.05, 3.63) is 36.0 Å². The van der Waals surface area contributed by atoms with E-state index >= 15 is 0 Å². The molecule has 6 nitrogen and oxygen atoms in total. The summed E-state index contributed by atoms with van der Waals surface area (Å²) in [6.07, 6.45) is 2.11. The fourth-order valence-corrected chi connectivity index (χ4v) is 3.29. The number of nitrogens with two attached hydrogens (primary N) is 1. The molecule has 1 aromatic heterocycles. The molecular weight excluding hydrogens is 284 g/mol. The van der Waals surface area contributed by atoms with Gasteiger partial charge in [0.05, 0.1) is 11.1 Å². The molecule has 0 amide bonds. The summed E-state index contributed by atoms with van der Waals surface area (Å²) in [7, 11) is -3.62. The predicted octanol–water partition coefficient (Wildman–Crippen LogP) is 1.75. The van der Waals surface area contributed by atoms with Crippen LogP contribution in [0.25, 0.3) is 0 Å². The highest BCUT2D eigenvalue weighted by Crippen LogP contribution is 2.21. The molecule has 1 atom stereocenters. The van der Waals surface area contributed by atoms with Crippen LogP contribution in [0.5, 0.6) is 0 Å². The van der Waals surface area contributed by atoms with Crippen molar-refractivity contribution >= 4 is 26.6 Å². The van der Waals surface area contributed by atoms with Gasteiger partial charge in [-0.1, -0.05) is 23.5 Å². The van der Waals surface area contributed by atoms with Crippen molar-refractivity contribution in [2.75, 3.05) is 4.72 Å². The summed E-state index contributed by atoms with van der Waals surface area (Å²) in [5.74, 6) is 0. The van der Waals surface area contributed by atoms with Crippen LogP contribution >= 0.6 is 11.5 Å². The van der Waals surface area contributed by atoms with Crippen LogP contribution in [0.1, 0.15) is 24.9 Å². The number of sulfonamides is 1. The number of aromatic nitrogens is 2. The third-order valence-electron chi connectivity index (χ3n) is 2.63. The normalized spacial score (nSPS) is 13.2. The number of nitrogens with zero attached hydrogens (tertiary/aromatic N) is 2. The van der Waals surface area contributed by atoms with Gasteiger partial charge in [-0.3, -0.25) is 4.72 Å². The Morgan fingerprint density at radius 1 is 1.47 bits per heavy atom. The van der Waals surface area contributed by atoms with Crippen LogP contribution in [0.3, 0.4) is 0 Å². The molecule has 0 aliphatic carbocycles. The standard InChI is InChI=1S/C11H14N4O2S2/c1-2-10(12)8-4-3-5-9(6-8)19(16,17)14-11-7-13-15-18-11/h3-7,10,14H,2,12H2,1H3. The number of hydrogen-bond acceptors (Lipinski definition) is 6. The van der Waals surface area contributed by atoms with E-state index in [1.165, 1.54) is 12.3 Å². The quantitative estimate of drug-likeness (QED) is 0.876. The summed E-state index contributed by atoms with van der Waals surface area (Å²) in [5, 5.41) is 3.96. The van der Waals surface area contributed by atoms with E-state index in [0.717, 1.165) is 23.5 Å². The number of rotatable bonds is 5. The molecular formula is C11H14N4O2S2. The summed E-state index contributed by atoms with van der Waals surface area (Å²) < 4.78 is 30.4. The molecule has 1 aromatic carbocycles. The maximum atomic E-state index is 12.2. The van der Waals surface area contributed by atoms with Crippen molar-refractivity contribution in [1.82, 2.24) is 9.59 Å². The molecule has 0 aliphatic heterocycles. The van der Waals surface area contributed by atoms with E-state index in [1.807, 2.05) is 13.0 Å². The Hall–Kier alpha value is -1.51. The first-order chi connectivity index (χ1) is 9.03. The first kappa shape index (κ1) is 13.9. The van der Waals surface area contributed by atoms with E-state index < -0.39 is 10.0 Å². The molecule has 0 saturated carbocycles. The van der Waals surface area contributed by atoms with Gasteiger partial charge >= 0.3 is 0 Å². The van der Waals surface area contributed by atoms with Gasteiger partial charge in [0.1, 0.15) is 5.00 Å². The lowest BCUT2D eigenvalue weighted by atomic mass is 10.1. The lowest BCUT2D eigenvalue weighted by molar-refractivity contribution is 0.600. The first-order valence-corrected chi connectivity index (χ1v) is 7.94. The monoisotopic (exact) mass is 298 g/mol. The molecule has 102 valence electrons. The average molecular weight is 298 g/mol. The van der Waals surface area contributed by atoms with E-state index in [1.54, 1.807) is 12.1 Å². The molecule has 0 radical (unpaired) electrons. The van der Waals surface area contributed by atoms with Crippen LogP contribution in [0.15, 0.2) is 35.4 Å². The molecule has 8 heteroatoms. The minimum atomic E-state index is -3.62. The van der Waals surface area contributed by atoms with Crippen LogP contribution in [0.2, 0.25) is 0 Å². The number of benzene rings is 1. The molecule has 2 aromatic rings. The van der Waals surface area contributed by atoms with Crippen LogP contribution in [0.4, 0.5) is 5.00 Å². The topological polar surface area (TPSA) is 98.0 Å². The van der Waals surface area contributed by atoms with Gasteiger partial charge in [-0.15, -0.1) is 5.10 Å². The van der Waals surface area contributed by atoms with Crippen molar-refractivity contribution in [3.63, 3.8) is 0 Å². The van der Waals surface area contributed by atoms with Gasteiger partial charge in [0, 0.05) is 17.6 Å². The van der Waals surface area contributed by atoms with Gasteiger partial charge in [-0.25, -0.2) is 8.42 Å². The Labute approximate surface area is 115 Å². The van der Waals surface area contributed by atoms with E-state index in [9.17, 15) is 8.42 Å². The summed E-state index contributed by atoms with van der Waals surface area (Å²) in [6.45, 7) is 1.95. The third kappa shape index (κ3) is 3.28. The SMILES string of the molecule is CCC(N)c1cccc(S(=O)(=O)Nc2cnns2)c1. The smallest absolute Gasteiger partial charge is 0.262 e. The Morgan fingerprint density at radius 3 is 2.89 bits per heavy atom. The summed E-state index contributed by atoms with van der Waals surface area (Å²) in [5.41, 5.74) is 6.71. The van der Waals surface area contributed by atoms with Crippen LogP contribution in [0, 0.1) is 0 Å². The molecule has 1 unspecified atom stereocenters. The minimum absolute atomic E-state index is 0.166. The van der Waals surface area contributed by atoms with Crippen molar-refractivity contribution in [1.29, 1.82) is 0 Å².